The number of methoxy groups -OCH3 is 1. The average Bonchev–Trinajstić information content (AvgIpc) is 2.41. The van der Waals surface area contributed by atoms with Gasteiger partial charge in [0, 0.05) is 7.11 Å². The maximum atomic E-state index is 8.50. The summed E-state index contributed by atoms with van der Waals surface area (Å²) in [6.45, 7) is 7.99. The van der Waals surface area contributed by atoms with Gasteiger partial charge in [-0.25, -0.2) is 9.98 Å². The Morgan fingerprint density at radius 1 is 1.47 bits per heavy atom. The molecule has 0 heterocycles. The van der Waals surface area contributed by atoms with Crippen LogP contribution in [0, 0.1) is 11.3 Å². The first-order valence-corrected chi connectivity index (χ1v) is 5.73. The Hall–Kier alpha value is -2.19. The Labute approximate surface area is 114 Å². The largest absolute Gasteiger partial charge is 0.478 e. The fraction of sp³-hybridized carbons (Fsp3) is 0.357. The van der Waals surface area contributed by atoms with E-state index in [-0.39, 0.29) is 5.70 Å². The number of ether oxygens (including phenoxy) is 2. The summed E-state index contributed by atoms with van der Waals surface area (Å²) in [5.74, 6) is 0.420. The molecule has 0 aliphatic rings. The quantitative estimate of drug-likeness (QED) is 0.306. The van der Waals surface area contributed by atoms with Gasteiger partial charge in [0.15, 0.2) is 6.40 Å². The van der Waals surface area contributed by atoms with Gasteiger partial charge in [-0.15, -0.1) is 0 Å². The minimum absolute atomic E-state index is 0.117. The van der Waals surface area contributed by atoms with Crippen LogP contribution in [0.1, 0.15) is 13.8 Å². The molecular weight excluding hydrogens is 242 g/mol. The topological polar surface area (TPSA) is 67.0 Å². The predicted molar refractivity (Wildman–Crippen MR) is 77.1 cm³/mol. The second-order valence-electron chi connectivity index (χ2n) is 3.48. The van der Waals surface area contributed by atoms with E-state index in [1.54, 1.807) is 14.0 Å². The first kappa shape index (κ1) is 16.8. The molecule has 0 amide bonds. The van der Waals surface area contributed by atoms with Gasteiger partial charge in [0.1, 0.15) is 24.2 Å². The van der Waals surface area contributed by atoms with Gasteiger partial charge in [-0.1, -0.05) is 24.8 Å². The van der Waals surface area contributed by atoms with Crippen molar-refractivity contribution in [3.63, 3.8) is 0 Å². The van der Waals surface area contributed by atoms with Gasteiger partial charge in [-0.05, 0) is 19.4 Å². The smallest absolute Gasteiger partial charge is 0.176 e. The molecule has 0 saturated carbocycles. The number of nitrogens with zero attached hydrogens (tertiary/aromatic N) is 3. The molecule has 0 aliphatic carbocycles. The second-order valence-corrected chi connectivity index (χ2v) is 3.48. The minimum Gasteiger partial charge on any atom is -0.478 e. The first-order chi connectivity index (χ1) is 9.13. The molecule has 0 bridgehead atoms. The normalized spacial score (nSPS) is 12.9. The van der Waals surface area contributed by atoms with Gasteiger partial charge in [0.2, 0.25) is 0 Å². The molecular formula is C14H19N3O2. The van der Waals surface area contributed by atoms with E-state index in [9.17, 15) is 0 Å². The van der Waals surface area contributed by atoms with Crippen LogP contribution in [0.2, 0.25) is 0 Å². The van der Waals surface area contributed by atoms with Crippen molar-refractivity contribution in [3.8, 4) is 6.07 Å². The highest BCUT2D eigenvalue weighted by Gasteiger charge is 1.91. The number of amidine groups is 1. The third-order valence-electron chi connectivity index (χ3n) is 1.96. The summed E-state index contributed by atoms with van der Waals surface area (Å²) in [6, 6.07) is 1.82. The van der Waals surface area contributed by atoms with E-state index in [1.165, 1.54) is 6.40 Å². The Balaban J connectivity index is 4.18. The maximum absolute atomic E-state index is 8.50. The van der Waals surface area contributed by atoms with Crippen LogP contribution in [0.5, 0.6) is 0 Å². The Bertz CT molecular complexity index is 440. The van der Waals surface area contributed by atoms with E-state index >= 15 is 0 Å². The van der Waals surface area contributed by atoms with E-state index in [1.807, 2.05) is 31.2 Å². The Morgan fingerprint density at radius 3 is 2.79 bits per heavy atom. The van der Waals surface area contributed by atoms with E-state index in [0.29, 0.717) is 19.0 Å². The van der Waals surface area contributed by atoms with Crippen molar-refractivity contribution in [1.82, 2.24) is 0 Å². The zero-order valence-corrected chi connectivity index (χ0v) is 11.6. The van der Waals surface area contributed by atoms with Crippen LogP contribution in [-0.4, -0.2) is 32.6 Å². The molecule has 0 radical (unpaired) electrons. The fourth-order valence-corrected chi connectivity index (χ4v) is 1.02. The zero-order chi connectivity index (χ0) is 14.5. The second kappa shape index (κ2) is 10.9. The highest BCUT2D eigenvalue weighted by Crippen LogP contribution is 1.97. The summed E-state index contributed by atoms with van der Waals surface area (Å²) in [5, 5.41) is 8.50. The molecule has 0 unspecified atom stereocenters. The summed E-state index contributed by atoms with van der Waals surface area (Å²) in [6.07, 6.45) is 7.07. The highest BCUT2D eigenvalue weighted by molar-refractivity contribution is 5.86. The number of nitriles is 1. The van der Waals surface area contributed by atoms with Gasteiger partial charge >= 0.3 is 0 Å². The van der Waals surface area contributed by atoms with E-state index in [0.717, 1.165) is 5.57 Å². The van der Waals surface area contributed by atoms with Crippen molar-refractivity contribution in [2.24, 2.45) is 9.98 Å². The summed E-state index contributed by atoms with van der Waals surface area (Å²) in [7, 11) is 1.64. The van der Waals surface area contributed by atoms with Gasteiger partial charge in [0.05, 0.1) is 6.61 Å². The van der Waals surface area contributed by atoms with Crippen LogP contribution in [0.3, 0.4) is 0 Å². The van der Waals surface area contributed by atoms with Crippen LogP contribution >= 0.6 is 0 Å². The molecule has 0 saturated heterocycles. The summed E-state index contributed by atoms with van der Waals surface area (Å²) in [4.78, 5) is 7.76. The molecule has 5 nitrogen and oxygen atoms in total. The Kier molecular flexibility index (Phi) is 9.67. The van der Waals surface area contributed by atoms with Crippen molar-refractivity contribution in [2.75, 3.05) is 20.3 Å². The lowest BCUT2D eigenvalue weighted by atomic mass is 10.2. The van der Waals surface area contributed by atoms with Crippen molar-refractivity contribution in [3.05, 3.63) is 36.1 Å². The molecule has 0 rings (SSSR count). The van der Waals surface area contributed by atoms with Gasteiger partial charge < -0.3 is 9.47 Å². The third kappa shape index (κ3) is 9.51. The molecule has 5 heteroatoms. The summed E-state index contributed by atoms with van der Waals surface area (Å²) < 4.78 is 10.2. The summed E-state index contributed by atoms with van der Waals surface area (Å²) >= 11 is 0. The highest BCUT2D eigenvalue weighted by atomic mass is 16.5. The third-order valence-corrected chi connectivity index (χ3v) is 1.96. The van der Waals surface area contributed by atoms with Gasteiger partial charge in [-0.3, -0.25) is 0 Å². The number of hydrogen-bond donors (Lipinski definition) is 0. The lowest BCUT2D eigenvalue weighted by Crippen LogP contribution is -1.97. The van der Waals surface area contributed by atoms with Crippen molar-refractivity contribution in [2.45, 2.75) is 13.8 Å². The van der Waals surface area contributed by atoms with E-state index in [2.05, 4.69) is 16.6 Å². The SMILES string of the molecule is C=C(C#N)N=C(C)N=COCC(/C=C\COC)=C/C. The number of hydrogen-bond acceptors (Lipinski definition) is 4. The Morgan fingerprint density at radius 2 is 2.21 bits per heavy atom. The van der Waals surface area contributed by atoms with Crippen LogP contribution in [-0.2, 0) is 9.47 Å². The molecule has 0 N–H and O–H groups in total. The van der Waals surface area contributed by atoms with Crippen LogP contribution in [0.4, 0.5) is 0 Å². The first-order valence-electron chi connectivity index (χ1n) is 5.73. The molecule has 0 aromatic rings. The minimum atomic E-state index is 0.117. The molecule has 0 spiro atoms. The molecule has 0 aliphatic heterocycles. The lowest BCUT2D eigenvalue weighted by Gasteiger charge is -2.00. The number of rotatable bonds is 7. The summed E-state index contributed by atoms with van der Waals surface area (Å²) in [5.41, 5.74) is 1.13. The average molecular weight is 261 g/mol. The van der Waals surface area contributed by atoms with Crippen molar-refractivity contribution < 1.29 is 9.47 Å². The predicted octanol–water partition coefficient (Wildman–Crippen LogP) is 2.64. The van der Waals surface area contributed by atoms with Gasteiger partial charge in [-0.2, -0.15) is 5.26 Å². The number of allylic oxidation sites excluding steroid dienone is 2. The van der Waals surface area contributed by atoms with Crippen LogP contribution in [0.25, 0.3) is 0 Å². The standard InChI is InChI=1S/C14H19N3O2/c1-5-14(7-6-8-18-4)10-19-11-16-13(3)17-12(2)9-15/h5-7,11H,2,8,10H2,1,3-4H3/b7-6-,14-5+,16-11?,17-13?. The lowest BCUT2D eigenvalue weighted by molar-refractivity contribution is 0.233. The molecule has 19 heavy (non-hydrogen) atoms. The van der Waals surface area contributed by atoms with E-state index < -0.39 is 0 Å². The van der Waals surface area contributed by atoms with Gasteiger partial charge in [0.25, 0.3) is 0 Å². The van der Waals surface area contributed by atoms with Crippen LogP contribution in [0.15, 0.2) is 46.1 Å². The molecule has 0 atom stereocenters. The number of aliphatic imine (C=N–C) groups is 2. The maximum Gasteiger partial charge on any atom is 0.176 e. The molecule has 0 aromatic carbocycles. The van der Waals surface area contributed by atoms with Crippen LogP contribution < -0.4 is 0 Å². The molecule has 102 valence electrons. The van der Waals surface area contributed by atoms with Crippen molar-refractivity contribution >= 4 is 12.2 Å². The molecule has 0 aromatic heterocycles. The van der Waals surface area contributed by atoms with E-state index in [4.69, 9.17) is 14.7 Å². The zero-order valence-electron chi connectivity index (χ0n) is 11.6. The van der Waals surface area contributed by atoms with Crippen molar-refractivity contribution in [1.29, 1.82) is 5.26 Å². The fourth-order valence-electron chi connectivity index (χ4n) is 1.02. The molecule has 0 fully saturated rings. The monoisotopic (exact) mass is 261 g/mol.